The van der Waals surface area contributed by atoms with Crippen LogP contribution in [0.5, 0.6) is 0 Å². The molecule has 0 aliphatic heterocycles. The molecule has 3 nitrogen and oxygen atoms in total. The molecule has 0 N–H and O–H groups in total. The van der Waals surface area contributed by atoms with Crippen LogP contribution in [0, 0.1) is 12.3 Å². The molecular weight excluding hydrogens is 374 g/mol. The second-order valence-electron chi connectivity index (χ2n) is 6.73. The van der Waals surface area contributed by atoms with Gasteiger partial charge in [-0.05, 0) is 47.9 Å². The topological polar surface area (TPSA) is 21.7 Å². The summed E-state index contributed by atoms with van der Waals surface area (Å²) in [5.74, 6) is 2.77. The van der Waals surface area contributed by atoms with Crippen molar-refractivity contribution in [1.82, 2.24) is 9.55 Å². The Morgan fingerprint density at radius 2 is 1.76 bits per heavy atom. The molecule has 0 aliphatic carbocycles. The van der Waals surface area contributed by atoms with E-state index >= 15 is 0 Å². The fraction of sp³-hybridized carbons (Fsp3) is 0.0400. The van der Waals surface area contributed by atoms with Gasteiger partial charge in [-0.2, -0.15) is 4.57 Å². The number of fused-ring (bicyclic) bond motifs is 2. The quantitative estimate of drug-likeness (QED) is 0.299. The van der Waals surface area contributed by atoms with Crippen LogP contribution in [0.15, 0.2) is 79.1 Å². The molecule has 0 atom stereocenters. The molecule has 0 saturated heterocycles. The van der Waals surface area contributed by atoms with Gasteiger partial charge < -0.3 is 0 Å². The van der Waals surface area contributed by atoms with Crippen molar-refractivity contribution in [3.05, 3.63) is 89.7 Å². The van der Waals surface area contributed by atoms with E-state index < -0.39 is 0 Å². The van der Waals surface area contributed by atoms with Crippen molar-refractivity contribution in [3.63, 3.8) is 0 Å². The number of terminal acetylenes is 1. The van der Waals surface area contributed by atoms with Gasteiger partial charge in [0.25, 0.3) is 5.01 Å². The Morgan fingerprint density at radius 1 is 0.966 bits per heavy atom. The first kappa shape index (κ1) is 17.4. The molecule has 0 unspecified atom stereocenters. The normalized spacial score (nSPS) is 11.4. The van der Waals surface area contributed by atoms with Crippen molar-refractivity contribution in [2.75, 3.05) is 0 Å². The minimum absolute atomic E-state index is 0.566. The van der Waals surface area contributed by atoms with Crippen molar-refractivity contribution < 1.29 is 4.57 Å². The Bertz CT molecular complexity index is 1380. The molecule has 0 spiro atoms. The zero-order valence-electron chi connectivity index (χ0n) is 15.7. The van der Waals surface area contributed by atoms with E-state index in [0.717, 1.165) is 27.3 Å². The molecule has 0 saturated carbocycles. The first-order chi connectivity index (χ1) is 14.3. The lowest BCUT2D eigenvalue weighted by Gasteiger charge is -2.04. The Hall–Kier alpha value is -3.68. The Morgan fingerprint density at radius 3 is 2.62 bits per heavy atom. The Balaban J connectivity index is 1.46. The van der Waals surface area contributed by atoms with E-state index in [1.165, 1.54) is 10.2 Å². The summed E-state index contributed by atoms with van der Waals surface area (Å²) in [6.07, 6.45) is 11.7. The van der Waals surface area contributed by atoms with E-state index in [9.17, 15) is 0 Å². The largest absolute Gasteiger partial charge is 0.299 e. The van der Waals surface area contributed by atoms with Crippen LogP contribution in [0.1, 0.15) is 10.6 Å². The molecule has 5 rings (SSSR count). The van der Waals surface area contributed by atoms with E-state index in [-0.39, 0.29) is 0 Å². The van der Waals surface area contributed by atoms with Crippen LogP contribution in [0.25, 0.3) is 39.1 Å². The first-order valence-electron chi connectivity index (χ1n) is 9.39. The van der Waals surface area contributed by atoms with Gasteiger partial charge in [0.1, 0.15) is 11.0 Å². The average molecular weight is 393 g/mol. The molecule has 5 aromatic rings. The van der Waals surface area contributed by atoms with Crippen LogP contribution in [-0.2, 0) is 6.54 Å². The van der Waals surface area contributed by atoms with Gasteiger partial charge in [-0.15, -0.1) is 6.42 Å². The molecular formula is C25H18N3S+. The van der Waals surface area contributed by atoms with Crippen molar-refractivity contribution in [1.29, 1.82) is 0 Å². The van der Waals surface area contributed by atoms with Crippen LogP contribution in [-0.4, -0.2) is 9.55 Å². The third-order valence-electron chi connectivity index (χ3n) is 4.93. The summed E-state index contributed by atoms with van der Waals surface area (Å²) in [4.78, 5) is 4.47. The van der Waals surface area contributed by atoms with E-state index in [1.54, 1.807) is 11.3 Å². The van der Waals surface area contributed by atoms with Gasteiger partial charge in [-0.3, -0.25) is 4.57 Å². The van der Waals surface area contributed by atoms with Crippen LogP contribution < -0.4 is 4.57 Å². The summed E-state index contributed by atoms with van der Waals surface area (Å²) in [5.41, 5.74) is 5.52. The highest BCUT2D eigenvalue weighted by atomic mass is 32.1. The number of thiazole rings is 1. The Labute approximate surface area is 173 Å². The summed E-state index contributed by atoms with van der Waals surface area (Å²) < 4.78 is 5.53. The number of hydrogen-bond acceptors (Lipinski definition) is 2. The smallest absolute Gasteiger partial charge is 0.263 e. The molecule has 0 amide bonds. The zero-order chi connectivity index (χ0) is 19.6. The van der Waals surface area contributed by atoms with Crippen LogP contribution in [0.2, 0.25) is 0 Å². The maximum Gasteiger partial charge on any atom is 0.263 e. The minimum atomic E-state index is 0.566. The number of para-hydroxylation sites is 3. The number of benzene rings is 3. The predicted molar refractivity (Wildman–Crippen MR) is 121 cm³/mol. The van der Waals surface area contributed by atoms with Gasteiger partial charge in [0.15, 0.2) is 0 Å². The Kier molecular flexibility index (Phi) is 4.44. The molecule has 0 radical (unpaired) electrons. The lowest BCUT2D eigenvalue weighted by atomic mass is 10.2. The molecule has 2 aromatic heterocycles. The lowest BCUT2D eigenvalue weighted by Crippen LogP contribution is -2.34. The summed E-state index contributed by atoms with van der Waals surface area (Å²) in [7, 11) is 0. The number of rotatable bonds is 4. The molecule has 4 heteroatoms. The fourth-order valence-corrected chi connectivity index (χ4v) is 4.57. The predicted octanol–water partition coefficient (Wildman–Crippen LogP) is 5.33. The monoisotopic (exact) mass is 392 g/mol. The molecule has 2 heterocycles. The van der Waals surface area contributed by atoms with Crippen molar-refractivity contribution >= 4 is 44.7 Å². The number of hydrogen-bond donors (Lipinski definition) is 0. The highest BCUT2D eigenvalue weighted by Crippen LogP contribution is 2.23. The van der Waals surface area contributed by atoms with E-state index in [0.29, 0.717) is 6.54 Å². The minimum Gasteiger partial charge on any atom is -0.299 e. The van der Waals surface area contributed by atoms with Crippen molar-refractivity contribution in [2.24, 2.45) is 0 Å². The van der Waals surface area contributed by atoms with Gasteiger partial charge in [-0.1, -0.05) is 47.7 Å². The summed E-state index contributed by atoms with van der Waals surface area (Å²) in [6.45, 7) is 0.566. The van der Waals surface area contributed by atoms with E-state index in [1.807, 2.05) is 30.6 Å². The molecule has 0 bridgehead atoms. The number of nitrogens with zero attached hydrogens (tertiary/aromatic N) is 3. The summed E-state index contributed by atoms with van der Waals surface area (Å²) >= 11 is 1.75. The van der Waals surface area contributed by atoms with Crippen LogP contribution in [0.3, 0.4) is 0 Å². The molecule has 0 fully saturated rings. The summed E-state index contributed by atoms with van der Waals surface area (Å²) in [6, 6.07) is 25.0. The lowest BCUT2D eigenvalue weighted by molar-refractivity contribution is -0.655. The number of imidazole rings is 1. The maximum atomic E-state index is 5.59. The van der Waals surface area contributed by atoms with Gasteiger partial charge in [-0.25, -0.2) is 4.98 Å². The van der Waals surface area contributed by atoms with Crippen LogP contribution in [0.4, 0.5) is 0 Å². The first-order valence-corrected chi connectivity index (χ1v) is 10.2. The summed E-state index contributed by atoms with van der Waals surface area (Å²) in [5, 5.41) is 1.15. The van der Waals surface area contributed by atoms with Gasteiger partial charge in [0.05, 0.1) is 11.0 Å². The zero-order valence-corrected chi connectivity index (χ0v) is 16.5. The van der Waals surface area contributed by atoms with Crippen molar-refractivity contribution in [3.8, 4) is 18.0 Å². The van der Waals surface area contributed by atoms with E-state index in [4.69, 9.17) is 6.42 Å². The average Bonchev–Trinajstić information content (AvgIpc) is 3.35. The molecule has 29 heavy (non-hydrogen) atoms. The SMILES string of the molecule is C#CC[n+]1c(/C=C/c2ccc(-n3cnc4ccccc43)cc2)sc2ccccc21. The fourth-order valence-electron chi connectivity index (χ4n) is 3.51. The molecule has 138 valence electrons. The van der Waals surface area contributed by atoms with E-state index in [2.05, 4.69) is 80.7 Å². The van der Waals surface area contributed by atoms with Gasteiger partial charge in [0.2, 0.25) is 12.1 Å². The van der Waals surface area contributed by atoms with Gasteiger partial charge in [0, 0.05) is 17.8 Å². The third kappa shape index (κ3) is 3.22. The van der Waals surface area contributed by atoms with Crippen molar-refractivity contribution in [2.45, 2.75) is 6.54 Å². The number of aromatic nitrogens is 3. The standard InChI is InChI=1S/C25H18N3S/c1-2-17-27-23-9-5-6-10-24(23)29-25(27)16-13-19-11-14-20(15-12-19)28-18-26-21-7-3-4-8-22(21)28/h1,3-16,18H,17H2/q+1. The highest BCUT2D eigenvalue weighted by molar-refractivity contribution is 7.18. The third-order valence-corrected chi connectivity index (χ3v) is 6.06. The van der Waals surface area contributed by atoms with Crippen LogP contribution >= 0.6 is 11.3 Å². The van der Waals surface area contributed by atoms with Gasteiger partial charge >= 0.3 is 0 Å². The molecule has 0 aliphatic rings. The second kappa shape index (κ2) is 7.38. The maximum absolute atomic E-state index is 5.59. The second-order valence-corrected chi connectivity index (χ2v) is 7.79. The highest BCUT2D eigenvalue weighted by Gasteiger charge is 2.16. The molecule has 3 aromatic carbocycles.